The molecule has 0 aromatic carbocycles. The molecule has 0 N–H and O–H groups in total. The second-order valence-corrected chi connectivity index (χ2v) is 8.47. The average molecular weight is 223 g/mol. The van der Waals surface area contributed by atoms with E-state index in [1.165, 1.54) is 19.3 Å². The molecule has 2 atom stereocenters. The third kappa shape index (κ3) is 2.79. The van der Waals surface area contributed by atoms with E-state index in [0.717, 1.165) is 12.3 Å². The molecule has 0 bridgehead atoms. The molecule has 1 rings (SSSR count). The van der Waals surface area contributed by atoms with Gasteiger partial charge in [-0.25, -0.2) is 0 Å². The lowest BCUT2D eigenvalue weighted by Gasteiger charge is -2.27. The SMILES string of the molecule is CCC(C1CC=CCC1)[SiH](Cl)Cl. The van der Waals surface area contributed by atoms with E-state index in [1.54, 1.807) is 0 Å². The van der Waals surface area contributed by atoms with Crippen molar-refractivity contribution in [3.8, 4) is 0 Å². The van der Waals surface area contributed by atoms with E-state index >= 15 is 0 Å². The van der Waals surface area contributed by atoms with Gasteiger partial charge in [0.25, 0.3) is 0 Å². The van der Waals surface area contributed by atoms with Crippen LogP contribution in [0.3, 0.4) is 0 Å². The summed E-state index contributed by atoms with van der Waals surface area (Å²) in [5.41, 5.74) is 0.623. The number of halogens is 2. The van der Waals surface area contributed by atoms with Gasteiger partial charge in [0.15, 0.2) is 0 Å². The Kier molecular flexibility index (Phi) is 4.69. The number of hydrogen-bond acceptors (Lipinski definition) is 0. The maximum Gasteiger partial charge on any atom is 0.240 e. The van der Waals surface area contributed by atoms with Crippen molar-refractivity contribution >= 4 is 29.6 Å². The van der Waals surface area contributed by atoms with Gasteiger partial charge in [-0.1, -0.05) is 25.5 Å². The molecule has 3 heteroatoms. The molecule has 0 heterocycles. The summed E-state index contributed by atoms with van der Waals surface area (Å²) in [7, 11) is -1.45. The van der Waals surface area contributed by atoms with Crippen LogP contribution in [0, 0.1) is 5.92 Å². The fraction of sp³-hybridized carbons (Fsp3) is 0.778. The second kappa shape index (κ2) is 5.31. The predicted molar refractivity (Wildman–Crippen MR) is 59.4 cm³/mol. The van der Waals surface area contributed by atoms with Crippen molar-refractivity contribution < 1.29 is 0 Å². The molecular weight excluding hydrogens is 207 g/mol. The van der Waals surface area contributed by atoms with Crippen molar-refractivity contribution in [3.63, 3.8) is 0 Å². The molecule has 0 radical (unpaired) electrons. The lowest BCUT2D eigenvalue weighted by atomic mass is 9.90. The Morgan fingerprint density at radius 2 is 2.25 bits per heavy atom. The Balaban J connectivity index is 2.47. The van der Waals surface area contributed by atoms with Gasteiger partial charge >= 0.3 is 0 Å². The molecule has 0 aromatic heterocycles. The molecule has 0 nitrogen and oxygen atoms in total. The number of allylic oxidation sites excluding steroid dienone is 2. The molecule has 0 fully saturated rings. The molecule has 0 saturated heterocycles. The molecule has 0 amide bonds. The summed E-state index contributed by atoms with van der Waals surface area (Å²) in [5.74, 6) is 0.770. The van der Waals surface area contributed by atoms with Crippen molar-refractivity contribution in [2.24, 2.45) is 5.92 Å². The highest BCUT2D eigenvalue weighted by Crippen LogP contribution is 2.36. The molecule has 1 aliphatic rings. The zero-order valence-corrected chi connectivity index (χ0v) is 10.1. The fourth-order valence-corrected chi connectivity index (χ4v) is 5.34. The van der Waals surface area contributed by atoms with Crippen LogP contribution in [-0.2, 0) is 0 Å². The van der Waals surface area contributed by atoms with Crippen molar-refractivity contribution in [1.82, 2.24) is 0 Å². The Bertz CT molecular complexity index is 157. The molecule has 0 spiro atoms. The van der Waals surface area contributed by atoms with Crippen LogP contribution < -0.4 is 0 Å². The van der Waals surface area contributed by atoms with Crippen molar-refractivity contribution in [2.75, 3.05) is 0 Å². The summed E-state index contributed by atoms with van der Waals surface area (Å²) in [6.45, 7) is 2.20. The van der Waals surface area contributed by atoms with E-state index in [2.05, 4.69) is 19.1 Å². The van der Waals surface area contributed by atoms with E-state index in [4.69, 9.17) is 22.2 Å². The number of hydrogen-bond donors (Lipinski definition) is 0. The molecule has 70 valence electrons. The van der Waals surface area contributed by atoms with E-state index in [-0.39, 0.29) is 0 Å². The van der Waals surface area contributed by atoms with Gasteiger partial charge in [0, 0.05) is 0 Å². The van der Waals surface area contributed by atoms with Gasteiger partial charge in [0.1, 0.15) is 0 Å². The Morgan fingerprint density at radius 1 is 1.50 bits per heavy atom. The molecule has 2 unspecified atom stereocenters. The van der Waals surface area contributed by atoms with Crippen LogP contribution in [0.1, 0.15) is 32.6 Å². The van der Waals surface area contributed by atoms with Crippen LogP contribution in [0.2, 0.25) is 5.54 Å². The summed E-state index contributed by atoms with van der Waals surface area (Å²) in [6.07, 6.45) is 9.40. The van der Waals surface area contributed by atoms with E-state index < -0.39 is 7.42 Å². The highest BCUT2D eigenvalue weighted by Gasteiger charge is 2.26. The highest BCUT2D eigenvalue weighted by atomic mass is 35.7. The van der Waals surface area contributed by atoms with Crippen LogP contribution in [0.5, 0.6) is 0 Å². The molecule has 0 saturated carbocycles. The lowest BCUT2D eigenvalue weighted by Crippen LogP contribution is -2.18. The third-order valence-electron chi connectivity index (χ3n) is 2.71. The standard InChI is InChI=1S/C9H16Cl2Si/c1-2-9(12(10)11)8-6-4-3-5-7-8/h3-4,8-9,12H,2,5-7H2,1H3. The molecule has 0 aromatic rings. The third-order valence-corrected chi connectivity index (χ3v) is 6.32. The summed E-state index contributed by atoms with van der Waals surface area (Å²) in [6, 6.07) is 0. The minimum Gasteiger partial charge on any atom is -0.150 e. The zero-order chi connectivity index (χ0) is 8.97. The van der Waals surface area contributed by atoms with Crippen molar-refractivity contribution in [3.05, 3.63) is 12.2 Å². The van der Waals surface area contributed by atoms with Gasteiger partial charge in [-0.15, -0.1) is 0 Å². The fourth-order valence-electron chi connectivity index (χ4n) is 1.92. The summed E-state index contributed by atoms with van der Waals surface area (Å²) >= 11 is 12.1. The van der Waals surface area contributed by atoms with Gasteiger partial charge in [-0.05, 0) is 30.7 Å². The minimum absolute atomic E-state index is 0.623. The first-order valence-electron chi connectivity index (χ1n) is 4.68. The van der Waals surface area contributed by atoms with Crippen LogP contribution in [0.4, 0.5) is 0 Å². The molecule has 12 heavy (non-hydrogen) atoms. The zero-order valence-electron chi connectivity index (χ0n) is 7.47. The normalized spacial score (nSPS) is 26.2. The summed E-state index contributed by atoms with van der Waals surface area (Å²) in [5, 5.41) is 0. The maximum absolute atomic E-state index is 6.06. The van der Waals surface area contributed by atoms with Gasteiger partial charge < -0.3 is 0 Å². The Morgan fingerprint density at radius 3 is 2.67 bits per heavy atom. The highest BCUT2D eigenvalue weighted by molar-refractivity contribution is 7.34. The van der Waals surface area contributed by atoms with Crippen molar-refractivity contribution in [1.29, 1.82) is 0 Å². The van der Waals surface area contributed by atoms with Crippen molar-refractivity contribution in [2.45, 2.75) is 38.1 Å². The summed E-state index contributed by atoms with van der Waals surface area (Å²) < 4.78 is 0. The van der Waals surface area contributed by atoms with Gasteiger partial charge in [-0.2, -0.15) is 22.2 Å². The van der Waals surface area contributed by atoms with Gasteiger partial charge in [0.05, 0.1) is 0 Å². The Hall–Kier alpha value is 0.537. The van der Waals surface area contributed by atoms with E-state index in [9.17, 15) is 0 Å². The van der Waals surface area contributed by atoms with E-state index in [0.29, 0.717) is 5.54 Å². The van der Waals surface area contributed by atoms with Crippen LogP contribution in [0.15, 0.2) is 12.2 Å². The predicted octanol–water partition coefficient (Wildman–Crippen LogP) is 3.82. The largest absolute Gasteiger partial charge is 0.240 e. The molecular formula is C9H16Cl2Si. The van der Waals surface area contributed by atoms with Gasteiger partial charge in [-0.3, -0.25) is 0 Å². The van der Waals surface area contributed by atoms with Crippen LogP contribution in [-0.4, -0.2) is 7.42 Å². The van der Waals surface area contributed by atoms with Gasteiger partial charge in [0.2, 0.25) is 7.42 Å². The molecule has 0 aliphatic heterocycles. The second-order valence-electron chi connectivity index (χ2n) is 3.45. The minimum atomic E-state index is -1.45. The smallest absolute Gasteiger partial charge is 0.150 e. The quantitative estimate of drug-likeness (QED) is 0.387. The average Bonchev–Trinajstić information content (AvgIpc) is 2.07. The first-order chi connectivity index (χ1) is 5.75. The number of rotatable bonds is 3. The first kappa shape index (κ1) is 10.6. The summed E-state index contributed by atoms with van der Waals surface area (Å²) in [4.78, 5) is 0. The first-order valence-corrected chi connectivity index (χ1v) is 8.84. The van der Waals surface area contributed by atoms with Crippen LogP contribution in [0.25, 0.3) is 0 Å². The molecule has 1 aliphatic carbocycles. The van der Waals surface area contributed by atoms with Crippen LogP contribution >= 0.6 is 22.2 Å². The topological polar surface area (TPSA) is 0 Å². The van der Waals surface area contributed by atoms with E-state index in [1.807, 2.05) is 0 Å². The lowest BCUT2D eigenvalue weighted by molar-refractivity contribution is 0.438. The monoisotopic (exact) mass is 222 g/mol. The maximum atomic E-state index is 6.06. The Labute approximate surface area is 86.0 Å².